The lowest BCUT2D eigenvalue weighted by Gasteiger charge is -2.12. The van der Waals surface area contributed by atoms with Gasteiger partial charge in [-0.15, -0.1) is 0 Å². The second-order valence-electron chi connectivity index (χ2n) is 4.97. The lowest BCUT2D eigenvalue weighted by molar-refractivity contribution is -0.137. The molecule has 1 aliphatic carbocycles. The van der Waals surface area contributed by atoms with Gasteiger partial charge in [-0.3, -0.25) is 9.48 Å². The first kappa shape index (κ1) is 14.0. The third-order valence-corrected chi connectivity index (χ3v) is 4.50. The summed E-state index contributed by atoms with van der Waals surface area (Å²) >= 11 is 0. The number of aliphatic carboxylic acids is 1. The molecule has 2 N–H and O–H groups in total. The number of carboxylic acids is 1. The van der Waals surface area contributed by atoms with Crippen molar-refractivity contribution in [3.05, 3.63) is 12.4 Å². The van der Waals surface area contributed by atoms with Gasteiger partial charge < -0.3 is 5.11 Å². The lowest BCUT2D eigenvalue weighted by Crippen LogP contribution is -2.32. The van der Waals surface area contributed by atoms with Gasteiger partial charge in [0, 0.05) is 12.2 Å². The van der Waals surface area contributed by atoms with Crippen LogP contribution in [0.5, 0.6) is 0 Å². The Hall–Kier alpha value is -1.41. The molecule has 1 saturated carbocycles. The zero-order valence-corrected chi connectivity index (χ0v) is 11.4. The fraction of sp³-hybridized carbons (Fsp3) is 0.636. The molecule has 2 rings (SSSR count). The number of hydrogen-bond donors (Lipinski definition) is 2. The van der Waals surface area contributed by atoms with E-state index in [-0.39, 0.29) is 17.5 Å². The lowest BCUT2D eigenvalue weighted by atomic mass is 10.2. The monoisotopic (exact) mass is 287 g/mol. The van der Waals surface area contributed by atoms with Crippen LogP contribution in [0.1, 0.15) is 26.2 Å². The van der Waals surface area contributed by atoms with Gasteiger partial charge >= 0.3 is 5.97 Å². The molecule has 1 heterocycles. The van der Waals surface area contributed by atoms with Gasteiger partial charge in [0.15, 0.2) is 0 Å². The van der Waals surface area contributed by atoms with E-state index in [1.165, 1.54) is 19.0 Å². The fourth-order valence-corrected chi connectivity index (χ4v) is 3.15. The Kier molecular flexibility index (Phi) is 3.91. The molecule has 0 radical (unpaired) electrons. The average molecular weight is 287 g/mol. The maximum absolute atomic E-state index is 12.0. The Bertz CT molecular complexity index is 562. The Labute approximate surface area is 111 Å². The molecule has 106 valence electrons. The van der Waals surface area contributed by atoms with Gasteiger partial charge in [0.2, 0.25) is 10.0 Å². The minimum Gasteiger partial charge on any atom is -0.480 e. The minimum atomic E-state index is -3.62. The summed E-state index contributed by atoms with van der Waals surface area (Å²) in [6, 6.07) is -0.125. The summed E-state index contributed by atoms with van der Waals surface area (Å²) in [5, 5.41) is 12.3. The topological polar surface area (TPSA) is 101 Å². The van der Waals surface area contributed by atoms with Crippen molar-refractivity contribution in [1.29, 1.82) is 0 Å². The first-order valence-electron chi connectivity index (χ1n) is 6.13. The molecule has 19 heavy (non-hydrogen) atoms. The third-order valence-electron chi connectivity index (χ3n) is 2.96. The van der Waals surface area contributed by atoms with Gasteiger partial charge in [0.05, 0.1) is 6.20 Å². The maximum Gasteiger partial charge on any atom is 0.325 e. The molecule has 7 nitrogen and oxygen atoms in total. The quantitative estimate of drug-likeness (QED) is 0.757. The van der Waals surface area contributed by atoms with E-state index in [1.54, 1.807) is 0 Å². The van der Waals surface area contributed by atoms with Crippen molar-refractivity contribution < 1.29 is 18.3 Å². The molecule has 1 aromatic rings. The summed E-state index contributed by atoms with van der Waals surface area (Å²) in [6.45, 7) is 1.48. The van der Waals surface area contributed by atoms with Crippen LogP contribution in [0.2, 0.25) is 0 Å². The molecule has 8 heteroatoms. The fourth-order valence-electron chi connectivity index (χ4n) is 1.94. The van der Waals surface area contributed by atoms with Crippen molar-refractivity contribution in [1.82, 2.24) is 14.5 Å². The van der Waals surface area contributed by atoms with E-state index in [1.807, 2.05) is 6.92 Å². The summed E-state index contributed by atoms with van der Waals surface area (Å²) in [5.74, 6) is -0.436. The van der Waals surface area contributed by atoms with Gasteiger partial charge in [-0.1, -0.05) is 12.8 Å². The molecular formula is C11H17N3O4S. The first-order chi connectivity index (χ1) is 8.87. The molecule has 0 aliphatic heterocycles. The zero-order valence-electron chi connectivity index (χ0n) is 10.6. The van der Waals surface area contributed by atoms with Gasteiger partial charge in [0.25, 0.3) is 0 Å². The molecule has 1 fully saturated rings. The molecule has 0 saturated heterocycles. The largest absolute Gasteiger partial charge is 0.480 e. The molecule has 0 amide bonds. The van der Waals surface area contributed by atoms with Crippen LogP contribution in [-0.4, -0.2) is 35.3 Å². The molecule has 1 aliphatic rings. The predicted molar refractivity (Wildman–Crippen MR) is 67.0 cm³/mol. The SMILES string of the molecule is CC(CC1CC1)NS(=O)(=O)c1cnn(CC(=O)O)c1. The van der Waals surface area contributed by atoms with Crippen LogP contribution in [-0.2, 0) is 21.4 Å². The van der Waals surface area contributed by atoms with Gasteiger partial charge in [-0.25, -0.2) is 13.1 Å². The van der Waals surface area contributed by atoms with Gasteiger partial charge in [-0.2, -0.15) is 5.10 Å². The molecule has 0 bridgehead atoms. The molecule has 1 atom stereocenters. The number of sulfonamides is 1. The second kappa shape index (κ2) is 5.30. The maximum atomic E-state index is 12.0. The summed E-state index contributed by atoms with van der Waals surface area (Å²) in [5.41, 5.74) is 0. The minimum absolute atomic E-state index is 0.00334. The second-order valence-corrected chi connectivity index (χ2v) is 6.68. The van der Waals surface area contributed by atoms with Crippen LogP contribution in [0.3, 0.4) is 0 Å². The average Bonchev–Trinajstić information content (AvgIpc) is 2.92. The van der Waals surface area contributed by atoms with Crippen LogP contribution in [0.4, 0.5) is 0 Å². The number of nitrogens with one attached hydrogen (secondary N) is 1. The van der Waals surface area contributed by atoms with E-state index >= 15 is 0 Å². The standard InChI is InChI=1S/C11H17N3O4S/c1-8(4-9-2-3-9)13-19(17,18)10-5-12-14(6-10)7-11(15)16/h5-6,8-9,13H,2-4,7H2,1H3,(H,15,16). The Morgan fingerprint density at radius 2 is 2.32 bits per heavy atom. The Morgan fingerprint density at radius 1 is 1.63 bits per heavy atom. The normalized spacial score (nSPS) is 17.3. The molecular weight excluding hydrogens is 270 g/mol. The number of nitrogens with zero attached hydrogens (tertiary/aromatic N) is 2. The van der Waals surface area contributed by atoms with E-state index in [4.69, 9.17) is 5.11 Å². The Morgan fingerprint density at radius 3 is 2.89 bits per heavy atom. The van der Waals surface area contributed by atoms with Crippen LogP contribution in [0, 0.1) is 5.92 Å². The van der Waals surface area contributed by atoms with Crippen molar-refractivity contribution in [3.63, 3.8) is 0 Å². The zero-order chi connectivity index (χ0) is 14.0. The van der Waals surface area contributed by atoms with E-state index < -0.39 is 16.0 Å². The summed E-state index contributed by atoms with van der Waals surface area (Å²) < 4.78 is 27.7. The summed E-state index contributed by atoms with van der Waals surface area (Å²) in [4.78, 5) is 10.5. The van der Waals surface area contributed by atoms with Crippen LogP contribution in [0.15, 0.2) is 17.3 Å². The van der Waals surface area contributed by atoms with Crippen LogP contribution in [0.25, 0.3) is 0 Å². The van der Waals surface area contributed by atoms with Crippen molar-refractivity contribution in [2.24, 2.45) is 5.92 Å². The van der Waals surface area contributed by atoms with Gasteiger partial charge in [-0.05, 0) is 19.3 Å². The van der Waals surface area contributed by atoms with E-state index in [0.717, 1.165) is 17.3 Å². The van der Waals surface area contributed by atoms with Crippen LogP contribution < -0.4 is 4.72 Å². The molecule has 0 aromatic carbocycles. The van der Waals surface area contributed by atoms with Crippen molar-refractivity contribution in [3.8, 4) is 0 Å². The number of hydrogen-bond acceptors (Lipinski definition) is 4. The van der Waals surface area contributed by atoms with Crippen molar-refractivity contribution >= 4 is 16.0 Å². The number of aromatic nitrogens is 2. The van der Waals surface area contributed by atoms with Crippen molar-refractivity contribution in [2.45, 2.75) is 43.7 Å². The highest BCUT2D eigenvalue weighted by molar-refractivity contribution is 7.89. The molecule has 1 unspecified atom stereocenters. The Balaban J connectivity index is 2.01. The third kappa shape index (κ3) is 4.03. The van der Waals surface area contributed by atoms with Crippen molar-refractivity contribution in [2.75, 3.05) is 0 Å². The molecule has 1 aromatic heterocycles. The van der Waals surface area contributed by atoms with E-state index in [9.17, 15) is 13.2 Å². The van der Waals surface area contributed by atoms with Gasteiger partial charge in [0.1, 0.15) is 11.4 Å². The number of carboxylic acid groups (broad SMARTS) is 1. The predicted octanol–water partition coefficient (Wildman–Crippen LogP) is 0.435. The van der Waals surface area contributed by atoms with E-state index in [0.29, 0.717) is 5.92 Å². The van der Waals surface area contributed by atoms with E-state index in [2.05, 4.69) is 9.82 Å². The highest BCUT2D eigenvalue weighted by Gasteiger charge is 2.26. The highest BCUT2D eigenvalue weighted by Crippen LogP contribution is 2.33. The first-order valence-corrected chi connectivity index (χ1v) is 7.62. The summed E-state index contributed by atoms with van der Waals surface area (Å²) in [6.07, 6.45) is 5.56. The number of rotatable bonds is 7. The van der Waals surface area contributed by atoms with Crippen LogP contribution >= 0.6 is 0 Å². The number of carbonyl (C=O) groups is 1. The summed E-state index contributed by atoms with van der Waals surface area (Å²) in [7, 11) is -3.62. The highest BCUT2D eigenvalue weighted by atomic mass is 32.2. The smallest absolute Gasteiger partial charge is 0.325 e. The molecule has 0 spiro atoms.